The van der Waals surface area contributed by atoms with Crippen molar-refractivity contribution >= 4 is 0 Å². The topological polar surface area (TPSA) is 0 Å². The van der Waals surface area contributed by atoms with E-state index in [4.69, 9.17) is 0 Å². The monoisotopic (exact) mass is 162 g/mol. The van der Waals surface area contributed by atoms with Gasteiger partial charge >= 0.3 is 0 Å². The predicted molar refractivity (Wildman–Crippen MR) is 56.1 cm³/mol. The molecule has 0 unspecified atom stereocenters. The number of hydrogen-bond donors (Lipinski definition) is 0. The van der Waals surface area contributed by atoms with Gasteiger partial charge in [-0.2, -0.15) is 0 Å². The summed E-state index contributed by atoms with van der Waals surface area (Å²) in [7, 11) is 0. The van der Waals surface area contributed by atoms with Crippen LogP contribution in [0.25, 0.3) is 0 Å². The van der Waals surface area contributed by atoms with Crippen LogP contribution in [0, 0.1) is 5.92 Å². The molecule has 0 aromatic rings. The fourth-order valence-corrected chi connectivity index (χ4v) is 0.772. The van der Waals surface area contributed by atoms with Crippen molar-refractivity contribution in [2.24, 2.45) is 5.92 Å². The Hall–Kier alpha value is -1.00. The van der Waals surface area contributed by atoms with Gasteiger partial charge in [-0.05, 0) is 25.3 Å². The first-order chi connectivity index (χ1) is 5.66. The number of hydrogen-bond acceptors (Lipinski definition) is 0. The second-order valence-electron chi connectivity index (χ2n) is 3.31. The predicted octanol–water partition coefficient (Wildman–Crippen LogP) is 3.88. The SMILES string of the molecule is C=C=C/C=C(C)\C=C/CC(C)C. The van der Waals surface area contributed by atoms with Gasteiger partial charge in [0, 0.05) is 0 Å². The van der Waals surface area contributed by atoms with E-state index in [9.17, 15) is 0 Å². The third-order valence-corrected chi connectivity index (χ3v) is 1.45. The molecular weight excluding hydrogens is 144 g/mol. The van der Waals surface area contributed by atoms with Gasteiger partial charge in [-0.3, -0.25) is 0 Å². The summed E-state index contributed by atoms with van der Waals surface area (Å²) in [5, 5.41) is 0. The van der Waals surface area contributed by atoms with Gasteiger partial charge < -0.3 is 0 Å². The van der Waals surface area contributed by atoms with Crippen LogP contribution in [0.2, 0.25) is 0 Å². The summed E-state index contributed by atoms with van der Waals surface area (Å²) in [6.45, 7) is 10.00. The summed E-state index contributed by atoms with van der Waals surface area (Å²) in [6.07, 6.45) is 9.31. The standard InChI is InChI=1S/C12H18/c1-5-6-9-12(4)10-7-8-11(2)3/h6-7,9-11H,1,8H2,2-4H3/b10-7-,12-9-. The minimum absolute atomic E-state index is 0.740. The zero-order chi connectivity index (χ0) is 9.40. The first-order valence-corrected chi connectivity index (χ1v) is 4.36. The number of allylic oxidation sites excluding steroid dienone is 5. The maximum Gasteiger partial charge on any atom is -0.0203 e. The van der Waals surface area contributed by atoms with Gasteiger partial charge in [0.15, 0.2) is 0 Å². The molecule has 0 bridgehead atoms. The van der Waals surface area contributed by atoms with Crippen molar-refractivity contribution in [3.8, 4) is 0 Å². The molecule has 0 nitrogen and oxygen atoms in total. The lowest BCUT2D eigenvalue weighted by Gasteiger charge is -1.96. The fourth-order valence-electron chi connectivity index (χ4n) is 0.772. The highest BCUT2D eigenvalue weighted by Gasteiger charge is 1.86. The summed E-state index contributed by atoms with van der Waals surface area (Å²) >= 11 is 0. The van der Waals surface area contributed by atoms with E-state index < -0.39 is 0 Å². The first-order valence-electron chi connectivity index (χ1n) is 4.36. The summed E-state index contributed by atoms with van der Waals surface area (Å²) in [5.41, 5.74) is 3.95. The Morgan fingerprint density at radius 1 is 1.50 bits per heavy atom. The van der Waals surface area contributed by atoms with Crippen molar-refractivity contribution in [2.75, 3.05) is 0 Å². The molecule has 0 saturated carbocycles. The maximum atomic E-state index is 3.49. The Kier molecular flexibility index (Phi) is 6.14. The highest BCUT2D eigenvalue weighted by molar-refractivity contribution is 5.20. The summed E-state index contributed by atoms with van der Waals surface area (Å²) in [4.78, 5) is 0. The molecular formula is C12H18. The molecule has 12 heavy (non-hydrogen) atoms. The molecule has 0 heteroatoms. The third kappa shape index (κ3) is 7.11. The van der Waals surface area contributed by atoms with E-state index in [2.05, 4.69) is 45.2 Å². The zero-order valence-electron chi connectivity index (χ0n) is 8.30. The van der Waals surface area contributed by atoms with E-state index in [1.165, 1.54) is 5.57 Å². The fraction of sp³-hybridized carbons (Fsp3) is 0.417. The Labute approximate surface area is 76.0 Å². The van der Waals surface area contributed by atoms with E-state index in [1.807, 2.05) is 12.2 Å². The van der Waals surface area contributed by atoms with Crippen LogP contribution in [-0.2, 0) is 0 Å². The van der Waals surface area contributed by atoms with Crippen molar-refractivity contribution in [2.45, 2.75) is 27.2 Å². The molecule has 0 spiro atoms. The summed E-state index contributed by atoms with van der Waals surface area (Å²) in [5.74, 6) is 0.740. The van der Waals surface area contributed by atoms with Crippen molar-refractivity contribution in [1.29, 1.82) is 0 Å². The molecule has 0 rings (SSSR count). The minimum atomic E-state index is 0.740. The van der Waals surface area contributed by atoms with Crippen LogP contribution in [-0.4, -0.2) is 0 Å². The van der Waals surface area contributed by atoms with Gasteiger partial charge in [-0.25, -0.2) is 0 Å². The zero-order valence-corrected chi connectivity index (χ0v) is 8.30. The van der Waals surface area contributed by atoms with Gasteiger partial charge in [-0.1, -0.05) is 44.2 Å². The second kappa shape index (κ2) is 6.69. The molecule has 0 aliphatic rings. The van der Waals surface area contributed by atoms with E-state index >= 15 is 0 Å². The van der Waals surface area contributed by atoms with Gasteiger partial charge in [0.2, 0.25) is 0 Å². The molecule has 66 valence electrons. The van der Waals surface area contributed by atoms with Crippen LogP contribution >= 0.6 is 0 Å². The summed E-state index contributed by atoms with van der Waals surface area (Å²) < 4.78 is 0. The second-order valence-corrected chi connectivity index (χ2v) is 3.31. The quantitative estimate of drug-likeness (QED) is 0.435. The van der Waals surface area contributed by atoms with Gasteiger partial charge in [-0.15, -0.1) is 5.73 Å². The molecule has 0 saturated heterocycles. The molecule has 0 aromatic heterocycles. The van der Waals surface area contributed by atoms with Crippen molar-refractivity contribution < 1.29 is 0 Å². The van der Waals surface area contributed by atoms with Gasteiger partial charge in [0.25, 0.3) is 0 Å². The van der Waals surface area contributed by atoms with E-state index in [1.54, 1.807) is 0 Å². The van der Waals surface area contributed by atoms with Crippen molar-refractivity contribution in [3.63, 3.8) is 0 Å². The maximum absolute atomic E-state index is 3.49. The van der Waals surface area contributed by atoms with Crippen LogP contribution in [0.15, 0.2) is 42.2 Å². The van der Waals surface area contributed by atoms with Gasteiger partial charge in [0.1, 0.15) is 0 Å². The lowest BCUT2D eigenvalue weighted by Crippen LogP contribution is -1.81. The average molecular weight is 162 g/mol. The van der Waals surface area contributed by atoms with Crippen LogP contribution in [0.1, 0.15) is 27.2 Å². The van der Waals surface area contributed by atoms with Crippen molar-refractivity contribution in [3.05, 3.63) is 42.2 Å². The van der Waals surface area contributed by atoms with Crippen LogP contribution in [0.4, 0.5) is 0 Å². The van der Waals surface area contributed by atoms with E-state index in [0.29, 0.717) is 0 Å². The minimum Gasteiger partial charge on any atom is -0.129 e. The molecule has 0 aliphatic heterocycles. The lowest BCUT2D eigenvalue weighted by atomic mass is 10.1. The molecule has 0 atom stereocenters. The molecule has 0 amide bonds. The van der Waals surface area contributed by atoms with Gasteiger partial charge in [0.05, 0.1) is 0 Å². The molecule has 0 fully saturated rings. The summed E-state index contributed by atoms with van der Waals surface area (Å²) in [6, 6.07) is 0. The van der Waals surface area contributed by atoms with Crippen LogP contribution in [0.5, 0.6) is 0 Å². The third-order valence-electron chi connectivity index (χ3n) is 1.45. The Morgan fingerprint density at radius 3 is 2.67 bits per heavy atom. The van der Waals surface area contributed by atoms with Crippen molar-refractivity contribution in [1.82, 2.24) is 0 Å². The van der Waals surface area contributed by atoms with E-state index in [0.717, 1.165) is 12.3 Å². The Morgan fingerprint density at radius 2 is 2.17 bits per heavy atom. The Bertz CT molecular complexity index is 210. The molecule has 0 N–H and O–H groups in total. The highest BCUT2D eigenvalue weighted by Crippen LogP contribution is 2.02. The smallest absolute Gasteiger partial charge is 0.0203 e. The molecule has 0 aliphatic carbocycles. The normalized spacial score (nSPS) is 12.2. The Balaban J connectivity index is 3.90. The van der Waals surface area contributed by atoms with Crippen LogP contribution < -0.4 is 0 Å². The first kappa shape index (κ1) is 11.0. The lowest BCUT2D eigenvalue weighted by molar-refractivity contribution is 0.663. The van der Waals surface area contributed by atoms with Crippen LogP contribution in [0.3, 0.4) is 0 Å². The van der Waals surface area contributed by atoms with E-state index in [-0.39, 0.29) is 0 Å². The highest BCUT2D eigenvalue weighted by atomic mass is 13.9. The largest absolute Gasteiger partial charge is 0.129 e. The molecule has 0 radical (unpaired) electrons. The average Bonchev–Trinajstić information content (AvgIpc) is 2.00. The molecule has 0 heterocycles. The number of rotatable bonds is 4. The molecule has 0 aromatic carbocycles.